The second kappa shape index (κ2) is 16.5. The van der Waals surface area contributed by atoms with Crippen LogP contribution in [0.1, 0.15) is 72.7 Å². The number of nitrogens with one attached hydrogen (secondary N) is 3. The number of urea groups is 1. The van der Waals surface area contributed by atoms with Gasteiger partial charge in [0.2, 0.25) is 10.0 Å². The minimum absolute atomic E-state index is 0.0437. The van der Waals surface area contributed by atoms with Crippen LogP contribution >= 0.6 is 11.6 Å². The number of sulfonamides is 1. The number of aromatic amines is 1. The molecule has 20 heteroatoms. The molecule has 2 aromatic rings. The SMILES string of the molecule is COC(=O)Nc1ccc(-c2nc([C@@H]3C[C@H](C4CCN(S(C)(=O)=O)CC4)CN3C(=O)N3CCN(C(NC(=O)O)(N(C(=O)O)C(C)(C)C)C(C)(C)C)CC3)[nH]c2Cl)cc1. The van der Waals surface area contributed by atoms with Crippen LogP contribution in [-0.2, 0) is 14.8 Å². The number of rotatable bonds is 8. The van der Waals surface area contributed by atoms with Gasteiger partial charge in [0.15, 0.2) is 5.79 Å². The highest BCUT2D eigenvalue weighted by molar-refractivity contribution is 7.88. The molecule has 316 valence electrons. The van der Waals surface area contributed by atoms with Crippen molar-refractivity contribution in [1.82, 2.24) is 39.2 Å². The summed E-state index contributed by atoms with van der Waals surface area (Å²) in [5.41, 5.74) is -0.291. The van der Waals surface area contributed by atoms with E-state index >= 15 is 0 Å². The minimum Gasteiger partial charge on any atom is -0.465 e. The number of carbonyl (C=O) groups is 4. The number of carbonyl (C=O) groups excluding carboxylic acids is 2. The Labute approximate surface area is 338 Å². The van der Waals surface area contributed by atoms with Crippen molar-refractivity contribution in [3.05, 3.63) is 35.2 Å². The lowest BCUT2D eigenvalue weighted by Crippen LogP contribution is -2.81. The molecule has 0 spiro atoms. The molecule has 0 saturated carbocycles. The van der Waals surface area contributed by atoms with Crippen LogP contribution in [0.5, 0.6) is 0 Å². The molecule has 3 atom stereocenters. The molecule has 4 heterocycles. The third-order valence-electron chi connectivity index (χ3n) is 11.3. The second-order valence-electron chi connectivity index (χ2n) is 17.0. The summed E-state index contributed by atoms with van der Waals surface area (Å²) < 4.78 is 30.7. The van der Waals surface area contributed by atoms with E-state index in [0.717, 1.165) is 4.90 Å². The van der Waals surface area contributed by atoms with E-state index in [0.29, 0.717) is 61.7 Å². The van der Waals surface area contributed by atoms with E-state index in [9.17, 15) is 37.8 Å². The molecule has 18 nitrogen and oxygen atoms in total. The van der Waals surface area contributed by atoms with E-state index in [-0.39, 0.29) is 49.2 Å². The average Bonchev–Trinajstić information content (AvgIpc) is 3.74. The summed E-state index contributed by atoms with van der Waals surface area (Å²) in [4.78, 5) is 66.2. The van der Waals surface area contributed by atoms with Crippen molar-refractivity contribution in [2.24, 2.45) is 17.3 Å². The Morgan fingerprint density at radius 3 is 2.04 bits per heavy atom. The van der Waals surface area contributed by atoms with Crippen LogP contribution < -0.4 is 10.6 Å². The Bertz CT molecular complexity index is 1920. The molecule has 5 amide bonds. The Hall–Kier alpha value is -4.33. The van der Waals surface area contributed by atoms with Crippen LogP contribution in [0, 0.1) is 17.3 Å². The van der Waals surface area contributed by atoms with Gasteiger partial charge in [-0.2, -0.15) is 0 Å². The van der Waals surface area contributed by atoms with Gasteiger partial charge in [0.05, 0.1) is 19.4 Å². The fraction of sp³-hybridized carbons (Fsp3) is 0.649. The lowest BCUT2D eigenvalue weighted by molar-refractivity contribution is -0.169. The number of imidazole rings is 1. The van der Waals surface area contributed by atoms with Crippen LogP contribution in [0.15, 0.2) is 24.3 Å². The second-order valence-corrected chi connectivity index (χ2v) is 19.4. The topological polar surface area (TPSA) is 221 Å². The summed E-state index contributed by atoms with van der Waals surface area (Å²) in [5, 5.41) is 26.1. The number of halogens is 1. The number of likely N-dealkylation sites (tertiary alicyclic amines) is 1. The van der Waals surface area contributed by atoms with Crippen molar-refractivity contribution < 1.29 is 42.5 Å². The first-order valence-electron chi connectivity index (χ1n) is 19.0. The summed E-state index contributed by atoms with van der Waals surface area (Å²) in [6.07, 6.45) is -0.187. The molecule has 1 aromatic carbocycles. The lowest BCUT2D eigenvalue weighted by Gasteiger charge is -2.60. The summed E-state index contributed by atoms with van der Waals surface area (Å²) in [6, 6.07) is 6.16. The number of methoxy groups -OCH3 is 1. The number of piperidine rings is 1. The molecule has 0 radical (unpaired) electrons. The summed E-state index contributed by atoms with van der Waals surface area (Å²) in [5.74, 6) is -0.986. The maximum absolute atomic E-state index is 14.7. The van der Waals surface area contributed by atoms with Gasteiger partial charge in [-0.3, -0.25) is 20.4 Å². The Balaban J connectivity index is 1.43. The first-order valence-corrected chi connectivity index (χ1v) is 21.2. The zero-order valence-electron chi connectivity index (χ0n) is 33.8. The fourth-order valence-corrected chi connectivity index (χ4v) is 9.82. The smallest absolute Gasteiger partial charge is 0.411 e. The van der Waals surface area contributed by atoms with Crippen LogP contribution in [0.25, 0.3) is 11.3 Å². The number of amides is 5. The van der Waals surface area contributed by atoms with Crippen LogP contribution in [-0.4, -0.2) is 147 Å². The molecule has 0 bridgehead atoms. The van der Waals surface area contributed by atoms with Crippen LogP contribution in [0.4, 0.5) is 24.9 Å². The summed E-state index contributed by atoms with van der Waals surface area (Å²) in [6.45, 7) is 12.4. The van der Waals surface area contributed by atoms with E-state index in [4.69, 9.17) is 16.6 Å². The Morgan fingerprint density at radius 1 is 0.947 bits per heavy atom. The number of piperazine rings is 1. The van der Waals surface area contributed by atoms with Gasteiger partial charge in [0.25, 0.3) is 0 Å². The molecular formula is C37H56ClN9O9S. The molecule has 5 rings (SSSR count). The van der Waals surface area contributed by atoms with Gasteiger partial charge < -0.3 is 29.7 Å². The van der Waals surface area contributed by atoms with Crippen molar-refractivity contribution in [1.29, 1.82) is 0 Å². The monoisotopic (exact) mass is 837 g/mol. The molecule has 57 heavy (non-hydrogen) atoms. The number of aromatic nitrogens is 2. The van der Waals surface area contributed by atoms with E-state index in [1.54, 1.807) is 80.5 Å². The third kappa shape index (κ3) is 9.21. The molecule has 0 aliphatic carbocycles. The zero-order chi connectivity index (χ0) is 42.2. The molecule has 5 N–H and O–H groups in total. The largest absolute Gasteiger partial charge is 0.465 e. The standard InChI is InChI=1S/C37H56ClN9O9S/c1-35(2,3)37(42-31(48)49,47(34(52)53)36(4,5)6)44-19-17-43(18-20-44)33(51)46-22-25(23-13-15-45(16-14-23)57(8,54)55)21-27(46)30-40-28(29(38)41-30)24-9-11-26(12-10-24)39-32(50)56-7/h9-12,23,25,27,42H,13-22H2,1-8H3,(H,39,50)(H,40,41)(H,48,49)(H,52,53)/t25-,27-,37?/m0/s1. The highest BCUT2D eigenvalue weighted by Crippen LogP contribution is 2.44. The van der Waals surface area contributed by atoms with Gasteiger partial charge in [-0.1, -0.05) is 44.5 Å². The zero-order valence-corrected chi connectivity index (χ0v) is 35.4. The third-order valence-corrected chi connectivity index (χ3v) is 12.9. The number of hydrogen-bond acceptors (Lipinski definition) is 9. The first kappa shape index (κ1) is 43.8. The van der Waals surface area contributed by atoms with Gasteiger partial charge in [0, 0.05) is 68.0 Å². The predicted molar refractivity (Wildman–Crippen MR) is 213 cm³/mol. The lowest BCUT2D eigenvalue weighted by atomic mass is 9.81. The number of hydrogen-bond donors (Lipinski definition) is 5. The van der Waals surface area contributed by atoms with Crippen LogP contribution in [0.2, 0.25) is 5.15 Å². The number of nitrogens with zero attached hydrogens (tertiary/aromatic N) is 6. The molecule has 3 aliphatic rings. The molecule has 1 aromatic heterocycles. The minimum atomic E-state index is -3.32. The van der Waals surface area contributed by atoms with Gasteiger partial charge in [-0.15, -0.1) is 0 Å². The van der Waals surface area contributed by atoms with Crippen molar-refractivity contribution in [2.75, 3.05) is 64.5 Å². The Kier molecular flexibility index (Phi) is 12.7. The summed E-state index contributed by atoms with van der Waals surface area (Å²) in [7, 11) is -2.05. The molecule has 1 unspecified atom stereocenters. The van der Waals surface area contributed by atoms with Gasteiger partial charge in [0.1, 0.15) is 16.7 Å². The number of H-pyrrole nitrogens is 1. The van der Waals surface area contributed by atoms with Crippen molar-refractivity contribution in [3.63, 3.8) is 0 Å². The Morgan fingerprint density at radius 2 is 1.54 bits per heavy atom. The average molecular weight is 838 g/mol. The predicted octanol–water partition coefficient (Wildman–Crippen LogP) is 5.43. The molecule has 3 aliphatic heterocycles. The van der Waals surface area contributed by atoms with E-state index < -0.39 is 51.1 Å². The van der Waals surface area contributed by atoms with Crippen molar-refractivity contribution in [3.8, 4) is 11.3 Å². The van der Waals surface area contributed by atoms with E-state index in [1.165, 1.54) is 17.7 Å². The molecular weight excluding hydrogens is 782 g/mol. The van der Waals surface area contributed by atoms with E-state index in [1.807, 2.05) is 0 Å². The quantitative estimate of drug-likeness (QED) is 0.211. The maximum Gasteiger partial charge on any atom is 0.411 e. The normalized spacial score (nSPS) is 21.5. The highest BCUT2D eigenvalue weighted by Gasteiger charge is 2.58. The molecule has 3 saturated heterocycles. The number of anilines is 1. The first-order chi connectivity index (χ1) is 26.5. The van der Waals surface area contributed by atoms with Crippen molar-refractivity contribution in [2.45, 2.75) is 78.2 Å². The van der Waals surface area contributed by atoms with Gasteiger partial charge in [-0.05, 0) is 64.0 Å². The van der Waals surface area contributed by atoms with Gasteiger partial charge >= 0.3 is 24.3 Å². The summed E-state index contributed by atoms with van der Waals surface area (Å²) >= 11 is 6.75. The highest BCUT2D eigenvalue weighted by atomic mass is 35.5. The van der Waals surface area contributed by atoms with E-state index in [2.05, 4.69) is 20.4 Å². The fourth-order valence-electron chi connectivity index (χ4n) is 8.69. The number of carboxylic acid groups (broad SMARTS) is 2. The number of benzene rings is 1. The van der Waals surface area contributed by atoms with Gasteiger partial charge in [-0.25, -0.2) is 36.9 Å². The maximum atomic E-state index is 14.7. The number of ether oxygens (including phenoxy) is 1. The molecule has 3 fully saturated rings. The van der Waals surface area contributed by atoms with Crippen LogP contribution in [0.3, 0.4) is 0 Å². The van der Waals surface area contributed by atoms with Crippen molar-refractivity contribution >= 4 is 51.6 Å².